The van der Waals surface area contributed by atoms with E-state index in [2.05, 4.69) is 51.4 Å². The number of ether oxygens (including phenoxy) is 5. The number of carbonyl (C=O) groups is 7. The molecule has 1 fully saturated rings. The van der Waals surface area contributed by atoms with E-state index in [4.69, 9.17) is 24.7 Å². The minimum Gasteiger partial charge on any atom is -0.468 e. The van der Waals surface area contributed by atoms with E-state index in [0.717, 1.165) is 0 Å². The predicted octanol–water partition coefficient (Wildman–Crippen LogP) is 3.05. The fraction of sp³-hybridized carbons (Fsp3) is 0.511. The Labute approximate surface area is 412 Å². The Morgan fingerprint density at radius 2 is 1.60 bits per heavy atom. The van der Waals surface area contributed by atoms with Gasteiger partial charge in [0.2, 0.25) is 17.7 Å². The van der Waals surface area contributed by atoms with Crippen molar-refractivity contribution in [2.45, 2.75) is 83.6 Å². The molecule has 3 aromatic heterocycles. The van der Waals surface area contributed by atoms with E-state index in [1.54, 1.807) is 49.6 Å². The topological polar surface area (TPSA) is 275 Å². The lowest BCUT2D eigenvalue weighted by molar-refractivity contribution is -0.142. The molecule has 0 spiro atoms. The summed E-state index contributed by atoms with van der Waals surface area (Å²) in [5, 5.41) is 10.3. The van der Waals surface area contributed by atoms with Gasteiger partial charge in [-0.05, 0) is 65.0 Å². The zero-order valence-electron chi connectivity index (χ0n) is 39.4. The number of Topliss-reactive ketones (excluding diaryl/α,β-unsaturated/α-hetero) is 3. The van der Waals surface area contributed by atoms with Crippen LogP contribution in [-0.2, 0) is 65.4 Å². The van der Waals surface area contributed by atoms with Gasteiger partial charge >= 0.3 is 5.97 Å². The summed E-state index contributed by atoms with van der Waals surface area (Å²) < 4.78 is 42.7. The first-order chi connectivity index (χ1) is 33.6. The summed E-state index contributed by atoms with van der Waals surface area (Å²) in [5.41, 5.74) is 8.27. The van der Waals surface area contributed by atoms with Crippen LogP contribution in [0, 0.1) is 6.92 Å². The summed E-state index contributed by atoms with van der Waals surface area (Å²) in [6.45, 7) is 4.00. The Kier molecular flexibility index (Phi) is 22.0. The Balaban J connectivity index is 0.950. The summed E-state index contributed by atoms with van der Waals surface area (Å²) in [5.74, 6) is -1.70. The van der Waals surface area contributed by atoms with Crippen LogP contribution in [0.15, 0.2) is 47.3 Å². The van der Waals surface area contributed by atoms with E-state index in [0.29, 0.717) is 63.3 Å². The number of rotatable bonds is 30. The van der Waals surface area contributed by atoms with Gasteiger partial charge in [0, 0.05) is 75.5 Å². The molecule has 0 bridgehead atoms. The van der Waals surface area contributed by atoms with Crippen LogP contribution in [0.5, 0.6) is 0 Å². The number of nitrogens with two attached hydrogens (primary N) is 1. The highest BCUT2D eigenvalue weighted by molar-refractivity contribution is 9.10. The maximum atomic E-state index is 14.7. The number of methoxy groups -OCH3 is 1. The van der Waals surface area contributed by atoms with Gasteiger partial charge in [0.1, 0.15) is 65.7 Å². The minimum atomic E-state index is -1.40. The molecule has 1 aliphatic rings. The van der Waals surface area contributed by atoms with Gasteiger partial charge in [-0.3, -0.25) is 38.2 Å². The molecule has 4 N–H and O–H groups in total. The lowest BCUT2D eigenvalue weighted by Crippen LogP contribution is -2.44. The molecular formula is C47H59BrFN9O12. The molecule has 3 amide bonds. The number of hydrogen-bond donors (Lipinski definition) is 3. The van der Waals surface area contributed by atoms with Crippen LogP contribution in [0.3, 0.4) is 0 Å². The Morgan fingerprint density at radius 1 is 0.886 bits per heavy atom. The van der Waals surface area contributed by atoms with Crippen molar-refractivity contribution in [2.75, 3.05) is 78.4 Å². The number of benzene rings is 1. The summed E-state index contributed by atoms with van der Waals surface area (Å²) >= 11 is 3.28. The number of pyridine rings is 1. The van der Waals surface area contributed by atoms with Crippen molar-refractivity contribution in [2.24, 2.45) is 5.73 Å². The number of hydrogen-bond acceptors (Lipinski definition) is 17. The first-order valence-electron chi connectivity index (χ1n) is 22.8. The minimum absolute atomic E-state index is 0.0127. The van der Waals surface area contributed by atoms with E-state index >= 15 is 0 Å². The summed E-state index contributed by atoms with van der Waals surface area (Å²) in [6.07, 6.45) is 3.35. The molecule has 378 valence electrons. The average molecular weight is 1040 g/mol. The van der Waals surface area contributed by atoms with Crippen molar-refractivity contribution < 1.29 is 61.6 Å². The van der Waals surface area contributed by atoms with Gasteiger partial charge in [0.25, 0.3) is 0 Å². The molecule has 4 heterocycles. The van der Waals surface area contributed by atoms with Gasteiger partial charge in [-0.15, -0.1) is 0 Å². The van der Waals surface area contributed by atoms with Gasteiger partial charge in [0.05, 0.1) is 52.2 Å². The largest absolute Gasteiger partial charge is 0.468 e. The highest BCUT2D eigenvalue weighted by Gasteiger charge is 2.40. The van der Waals surface area contributed by atoms with Crippen LogP contribution in [0.25, 0.3) is 22.0 Å². The lowest BCUT2D eigenvalue weighted by atomic mass is 10.0. The fourth-order valence-electron chi connectivity index (χ4n) is 7.24. The number of fused-ring (bicyclic) bond motifs is 1. The predicted molar refractivity (Wildman–Crippen MR) is 254 cm³/mol. The van der Waals surface area contributed by atoms with Crippen LogP contribution in [-0.4, -0.2) is 162 Å². The third kappa shape index (κ3) is 17.2. The first-order valence-corrected chi connectivity index (χ1v) is 23.6. The third-order valence-electron chi connectivity index (χ3n) is 11.0. The average Bonchev–Trinajstić information content (AvgIpc) is 3.92. The highest BCUT2D eigenvalue weighted by atomic mass is 79.9. The monoisotopic (exact) mass is 1040 g/mol. The van der Waals surface area contributed by atoms with Gasteiger partial charge in [-0.1, -0.05) is 12.1 Å². The van der Waals surface area contributed by atoms with Gasteiger partial charge < -0.3 is 45.0 Å². The normalized spacial score (nSPS) is 14.9. The fourth-order valence-corrected chi connectivity index (χ4v) is 7.55. The molecule has 0 saturated carbocycles. The Bertz CT molecular complexity index is 2460. The molecule has 23 heteroatoms. The van der Waals surface area contributed by atoms with Crippen molar-refractivity contribution in [3.05, 3.63) is 64.4 Å². The van der Waals surface area contributed by atoms with E-state index in [-0.39, 0.29) is 127 Å². The summed E-state index contributed by atoms with van der Waals surface area (Å²) in [6, 6.07) is 6.86. The second-order valence-corrected chi connectivity index (χ2v) is 17.2. The maximum Gasteiger partial charge on any atom is 0.322 e. The van der Waals surface area contributed by atoms with Gasteiger partial charge in [-0.2, -0.15) is 5.10 Å². The van der Waals surface area contributed by atoms with E-state index in [1.165, 1.54) is 23.6 Å². The molecule has 1 aliphatic heterocycles. The Hall–Kier alpha value is -5.98. The van der Waals surface area contributed by atoms with Crippen molar-refractivity contribution in [1.82, 2.24) is 34.9 Å². The van der Waals surface area contributed by atoms with E-state index in [9.17, 15) is 38.0 Å². The highest BCUT2D eigenvalue weighted by Crippen LogP contribution is 2.28. The van der Waals surface area contributed by atoms with Crippen molar-refractivity contribution in [3.63, 3.8) is 0 Å². The molecule has 3 atom stereocenters. The van der Waals surface area contributed by atoms with E-state index < -0.39 is 36.0 Å². The molecular weight excluding hydrogens is 981 g/mol. The van der Waals surface area contributed by atoms with Crippen LogP contribution in [0.2, 0.25) is 0 Å². The van der Waals surface area contributed by atoms with Crippen LogP contribution < -0.4 is 16.4 Å². The van der Waals surface area contributed by atoms with Crippen molar-refractivity contribution >= 4 is 73.7 Å². The molecule has 21 nitrogen and oxygen atoms in total. The number of nitrogens with one attached hydrogen (secondary N) is 2. The standard InChI is InChI=1S/C47H59BrFN9O12/c1-29-6-12-40(48)54-45(29)55-46(64)39-22-33(49)25-57(39)43(63)26-58-38-11-7-31(21-36(38)44(56-58)30(2)59)32-23-52-41(53-24-32)13-9-35(61)27-69-19-18-68-16-14-51-42(62)28-70-20-17-67-15-4-5-34(60)8-10-37(50)47(65)66-3/h6-7,11-12,21,23-24,33,37,39H,4-5,8-10,13-20,22,25-28,50H2,1-3H3,(H,51,62)(H,54,55,64)/t33-,37+,39+/m1/s1. The number of anilines is 1. The number of esters is 1. The molecule has 70 heavy (non-hydrogen) atoms. The van der Waals surface area contributed by atoms with E-state index in [1.807, 2.05) is 0 Å². The summed E-state index contributed by atoms with van der Waals surface area (Å²) in [4.78, 5) is 102. The number of likely N-dealkylation sites (tertiary alicyclic amines) is 1. The van der Waals surface area contributed by atoms with Crippen molar-refractivity contribution in [3.8, 4) is 11.1 Å². The molecule has 5 rings (SSSR count). The molecule has 0 aliphatic carbocycles. The van der Waals surface area contributed by atoms with Crippen LogP contribution in [0.1, 0.15) is 67.3 Å². The zero-order chi connectivity index (χ0) is 50.6. The molecule has 4 aromatic rings. The first kappa shape index (κ1) is 55.0. The number of aryl methyl sites for hydroxylation is 2. The number of ketones is 3. The number of amides is 3. The summed E-state index contributed by atoms with van der Waals surface area (Å²) in [7, 11) is 1.25. The van der Waals surface area contributed by atoms with Crippen molar-refractivity contribution in [1.29, 1.82) is 0 Å². The van der Waals surface area contributed by atoms with Crippen LogP contribution in [0.4, 0.5) is 10.2 Å². The smallest absolute Gasteiger partial charge is 0.322 e. The third-order valence-corrected chi connectivity index (χ3v) is 11.4. The number of carbonyl (C=O) groups excluding carboxylic acids is 7. The number of halogens is 2. The molecule has 0 unspecified atom stereocenters. The second kappa shape index (κ2) is 28.0. The zero-order valence-corrected chi connectivity index (χ0v) is 41.0. The number of nitrogens with zero attached hydrogens (tertiary/aromatic N) is 6. The molecule has 1 aromatic carbocycles. The molecule has 1 saturated heterocycles. The maximum absolute atomic E-state index is 14.7. The van der Waals surface area contributed by atoms with Gasteiger partial charge in [-0.25, -0.2) is 19.3 Å². The number of aromatic nitrogens is 5. The lowest BCUT2D eigenvalue weighted by Gasteiger charge is -2.24. The second-order valence-electron chi connectivity index (χ2n) is 16.4. The number of alkyl halides is 1. The quantitative estimate of drug-likeness (QED) is 0.0293. The molecule has 0 radical (unpaired) electrons. The Morgan fingerprint density at radius 3 is 2.33 bits per heavy atom. The van der Waals surface area contributed by atoms with Gasteiger partial charge in [0.15, 0.2) is 11.6 Å². The SMILES string of the molecule is COC(=O)[C@@H](N)CCC(=O)CCCOCCOCC(=O)NCCOCCOCC(=O)CCc1ncc(-c2ccc3c(c2)c(C(C)=O)nn3CC(=O)N2C[C@H](F)C[C@H]2C(=O)Nc2nc(Br)ccc2C)cn1. The van der Waals surface area contributed by atoms with Crippen LogP contribution >= 0.6 is 15.9 Å².